The molecule has 46 heavy (non-hydrogen) atoms. The lowest BCUT2D eigenvalue weighted by atomic mass is 9.74. The topological polar surface area (TPSA) is 61.8 Å². The fourth-order valence-corrected chi connectivity index (χ4v) is 5.88. The van der Waals surface area contributed by atoms with Crippen LogP contribution in [0.1, 0.15) is 112 Å². The first-order valence-electron chi connectivity index (χ1n) is 17.0. The van der Waals surface area contributed by atoms with Gasteiger partial charge in [0.05, 0.1) is 17.0 Å². The van der Waals surface area contributed by atoms with Crippen molar-refractivity contribution in [3.63, 3.8) is 0 Å². The summed E-state index contributed by atoms with van der Waals surface area (Å²) in [5.41, 5.74) is 9.46. The number of fused-ring (bicyclic) bond motifs is 1. The number of allylic oxidation sites excluding steroid dienone is 1. The van der Waals surface area contributed by atoms with Crippen molar-refractivity contribution in [2.45, 2.75) is 98.3 Å². The largest absolute Gasteiger partial charge is 0.375 e. The zero-order valence-corrected chi connectivity index (χ0v) is 29.5. The lowest BCUT2D eigenvalue weighted by molar-refractivity contribution is -0.117. The number of hydrogen-bond acceptors (Lipinski definition) is 4. The van der Waals surface area contributed by atoms with Gasteiger partial charge in [-0.15, -0.1) is 0 Å². The summed E-state index contributed by atoms with van der Waals surface area (Å²) in [7, 11) is 2.06. The lowest BCUT2D eigenvalue weighted by Crippen LogP contribution is -2.32. The molecule has 5 heteroatoms. The summed E-state index contributed by atoms with van der Waals surface area (Å²) in [6.45, 7) is 19.4. The number of unbranched alkanes of at least 4 members (excludes halogenated alkanes) is 1. The number of Topliss-reactive ketones (excluding diaryl/α,β-unsaturated/α-hetero) is 1. The Labute approximate surface area is 277 Å². The highest BCUT2D eigenvalue weighted by atomic mass is 16.2. The van der Waals surface area contributed by atoms with E-state index in [9.17, 15) is 9.59 Å². The summed E-state index contributed by atoms with van der Waals surface area (Å²) in [5.74, 6) is -0.604. The van der Waals surface area contributed by atoms with E-state index in [0.717, 1.165) is 61.2 Å². The molecule has 0 saturated heterocycles. The first-order valence-corrected chi connectivity index (χ1v) is 17.0. The number of aryl methyl sites for hydroxylation is 2. The van der Waals surface area contributed by atoms with Crippen LogP contribution in [-0.2, 0) is 22.0 Å². The van der Waals surface area contributed by atoms with Crippen LogP contribution in [-0.4, -0.2) is 37.5 Å². The number of benzene rings is 3. The van der Waals surface area contributed by atoms with Crippen molar-refractivity contribution in [3.05, 3.63) is 106 Å². The van der Waals surface area contributed by atoms with Crippen LogP contribution in [0.25, 0.3) is 0 Å². The third-order valence-corrected chi connectivity index (χ3v) is 10.1. The molecule has 3 aromatic carbocycles. The van der Waals surface area contributed by atoms with Crippen LogP contribution in [0.4, 0.5) is 11.4 Å². The maximum atomic E-state index is 13.4. The summed E-state index contributed by atoms with van der Waals surface area (Å²) in [5, 5.41) is 3.03. The van der Waals surface area contributed by atoms with Crippen molar-refractivity contribution in [3.8, 4) is 0 Å². The number of ketones is 1. The Morgan fingerprint density at radius 2 is 1.57 bits per heavy atom. The molecular formula is C41H53N3O2. The summed E-state index contributed by atoms with van der Waals surface area (Å²) < 4.78 is 0. The Kier molecular flexibility index (Phi) is 11.1. The first kappa shape index (κ1) is 34.9. The third kappa shape index (κ3) is 7.68. The third-order valence-electron chi connectivity index (χ3n) is 10.1. The molecular weight excluding hydrogens is 566 g/mol. The Hall–Kier alpha value is -3.99. The number of anilines is 1. The number of amides is 1. The molecule has 0 fully saturated rings. The van der Waals surface area contributed by atoms with Gasteiger partial charge in [0, 0.05) is 37.0 Å². The summed E-state index contributed by atoms with van der Waals surface area (Å²) in [6, 6.07) is 20.6. The van der Waals surface area contributed by atoms with Gasteiger partial charge in [-0.3, -0.25) is 9.59 Å². The van der Waals surface area contributed by atoms with Gasteiger partial charge in [-0.2, -0.15) is 0 Å². The predicted octanol–water partition coefficient (Wildman–Crippen LogP) is 9.21. The molecule has 0 aliphatic heterocycles. The van der Waals surface area contributed by atoms with Crippen LogP contribution < -0.4 is 10.2 Å². The highest BCUT2D eigenvalue weighted by Gasteiger charge is 2.29. The monoisotopic (exact) mass is 619 g/mol. The second kappa shape index (κ2) is 14.6. The molecule has 0 radical (unpaired) electrons. The molecule has 1 amide bonds. The molecule has 0 aromatic heterocycles. The van der Waals surface area contributed by atoms with Gasteiger partial charge in [0.25, 0.3) is 5.91 Å². The van der Waals surface area contributed by atoms with Crippen molar-refractivity contribution in [1.82, 2.24) is 5.32 Å². The smallest absolute Gasteiger partial charge is 0.255 e. The quantitative estimate of drug-likeness (QED) is 0.153. The minimum absolute atomic E-state index is 0.0964. The second-order valence-corrected chi connectivity index (χ2v) is 14.0. The van der Waals surface area contributed by atoms with Gasteiger partial charge in [-0.25, -0.2) is 4.99 Å². The molecule has 3 aromatic rings. The number of rotatable bonds is 13. The number of nitrogens with zero attached hydrogens (tertiary/aromatic N) is 2. The Balaban J connectivity index is 1.47. The fourth-order valence-electron chi connectivity index (χ4n) is 5.88. The summed E-state index contributed by atoms with van der Waals surface area (Å²) in [6.07, 6.45) is 6.57. The molecule has 1 aliphatic rings. The highest BCUT2D eigenvalue weighted by molar-refractivity contribution is 6.35. The van der Waals surface area contributed by atoms with Crippen LogP contribution in [0.15, 0.2) is 77.3 Å². The van der Waals surface area contributed by atoms with E-state index in [2.05, 4.69) is 96.1 Å². The standard InChI is InChI=1S/C41H53N3O2/c1-10-40(5,6)30-21-20-29(35(26-30)41(7,8)11-2)17-15-16-24-42-39(46)34-27-37(32-18-13-14-19-33(32)38(34)45)43-36-23-22-31(25-28(36)4)44(9)12-3/h13-14,18-23,25-27H,10-12,15-17,24H2,1-9H3,(H,42,46). The van der Waals surface area contributed by atoms with Crippen LogP contribution in [0.5, 0.6) is 0 Å². The highest BCUT2D eigenvalue weighted by Crippen LogP contribution is 2.36. The average Bonchev–Trinajstić information content (AvgIpc) is 3.06. The maximum Gasteiger partial charge on any atom is 0.255 e. The Bertz CT molecular complexity index is 1640. The molecule has 1 N–H and O–H groups in total. The van der Waals surface area contributed by atoms with Crippen molar-refractivity contribution in [2.24, 2.45) is 4.99 Å². The van der Waals surface area contributed by atoms with E-state index >= 15 is 0 Å². The van der Waals surface area contributed by atoms with Crippen molar-refractivity contribution < 1.29 is 9.59 Å². The minimum atomic E-state index is -0.345. The summed E-state index contributed by atoms with van der Waals surface area (Å²) in [4.78, 5) is 34.0. The molecule has 0 unspecified atom stereocenters. The van der Waals surface area contributed by atoms with Crippen LogP contribution in [0, 0.1) is 6.92 Å². The van der Waals surface area contributed by atoms with Crippen molar-refractivity contribution in [2.75, 3.05) is 25.0 Å². The first-order chi connectivity index (χ1) is 21.8. The van der Waals surface area contributed by atoms with Crippen molar-refractivity contribution >= 4 is 28.8 Å². The Morgan fingerprint density at radius 3 is 2.22 bits per heavy atom. The van der Waals surface area contributed by atoms with Gasteiger partial charge >= 0.3 is 0 Å². The molecule has 0 spiro atoms. The van der Waals surface area contributed by atoms with E-state index in [1.165, 1.54) is 16.7 Å². The van der Waals surface area contributed by atoms with E-state index in [0.29, 0.717) is 17.8 Å². The Morgan fingerprint density at radius 1 is 0.870 bits per heavy atom. The molecule has 0 heterocycles. The van der Waals surface area contributed by atoms with Gasteiger partial charge in [0.1, 0.15) is 0 Å². The van der Waals surface area contributed by atoms with E-state index in [4.69, 9.17) is 4.99 Å². The molecule has 4 rings (SSSR count). The molecule has 0 saturated carbocycles. The molecule has 0 bridgehead atoms. The van der Waals surface area contributed by atoms with E-state index in [-0.39, 0.29) is 28.1 Å². The molecule has 1 aliphatic carbocycles. The molecule has 0 atom stereocenters. The van der Waals surface area contributed by atoms with Crippen LogP contribution in [0.3, 0.4) is 0 Å². The number of hydrogen-bond donors (Lipinski definition) is 1. The van der Waals surface area contributed by atoms with E-state index < -0.39 is 0 Å². The van der Waals surface area contributed by atoms with Gasteiger partial charge in [-0.05, 0) is 103 Å². The lowest BCUT2D eigenvalue weighted by Gasteiger charge is -2.31. The van der Waals surface area contributed by atoms with Gasteiger partial charge < -0.3 is 10.2 Å². The predicted molar refractivity (Wildman–Crippen MR) is 194 cm³/mol. The maximum absolute atomic E-state index is 13.4. The number of nitrogens with one attached hydrogen (secondary N) is 1. The zero-order chi connectivity index (χ0) is 33.6. The normalized spacial score (nSPS) is 14.2. The van der Waals surface area contributed by atoms with Gasteiger partial charge in [-0.1, -0.05) is 84.0 Å². The number of carbonyl (C=O) groups excluding carboxylic acids is 2. The van der Waals surface area contributed by atoms with E-state index in [1.807, 2.05) is 31.2 Å². The summed E-state index contributed by atoms with van der Waals surface area (Å²) >= 11 is 0. The molecule has 244 valence electrons. The van der Waals surface area contributed by atoms with Gasteiger partial charge in [0.2, 0.25) is 0 Å². The number of carbonyl (C=O) groups is 2. The zero-order valence-electron chi connectivity index (χ0n) is 29.5. The minimum Gasteiger partial charge on any atom is -0.375 e. The van der Waals surface area contributed by atoms with Gasteiger partial charge in [0.15, 0.2) is 5.78 Å². The van der Waals surface area contributed by atoms with Crippen molar-refractivity contribution in [1.29, 1.82) is 0 Å². The second-order valence-electron chi connectivity index (χ2n) is 14.0. The van der Waals surface area contributed by atoms with E-state index in [1.54, 1.807) is 12.1 Å². The average molecular weight is 620 g/mol. The molecule has 5 nitrogen and oxygen atoms in total. The number of aliphatic imine (C=N–C) groups is 1. The van der Waals surface area contributed by atoms with Crippen LogP contribution in [0.2, 0.25) is 0 Å². The SMILES string of the molecule is CCN(C)c1ccc(N=C2C=C(C(=O)NCCCCc3ccc(C(C)(C)CC)cc3C(C)(C)CC)C(=O)c3ccccc32)c(C)c1. The van der Waals surface area contributed by atoms with Crippen LogP contribution >= 0.6 is 0 Å². The fraction of sp³-hybridized carbons (Fsp3) is 0.439.